The first-order valence-electron chi connectivity index (χ1n) is 8.32. The Balaban J connectivity index is 1.88. The number of esters is 1. The summed E-state index contributed by atoms with van der Waals surface area (Å²) in [4.78, 5) is 23.9. The Morgan fingerprint density at radius 1 is 1.27 bits per heavy atom. The van der Waals surface area contributed by atoms with Crippen LogP contribution in [-0.4, -0.2) is 58.2 Å². The predicted molar refractivity (Wildman–Crippen MR) is 94.3 cm³/mol. The van der Waals surface area contributed by atoms with Crippen molar-refractivity contribution in [3.05, 3.63) is 23.8 Å². The van der Waals surface area contributed by atoms with Gasteiger partial charge in [0.2, 0.25) is 0 Å². The fraction of sp³-hybridized carbons (Fsp3) is 0.529. The first kappa shape index (κ1) is 20.0. The summed E-state index contributed by atoms with van der Waals surface area (Å²) in [6.45, 7) is 2.02. The third kappa shape index (κ3) is 5.62. The minimum atomic E-state index is -3.08. The number of hydrogen-bond donors (Lipinski definition) is 1. The van der Waals surface area contributed by atoms with Gasteiger partial charge in [0, 0.05) is 6.04 Å². The lowest BCUT2D eigenvalue weighted by molar-refractivity contribution is -0.124. The summed E-state index contributed by atoms with van der Waals surface area (Å²) in [5.41, 5.74) is 0.224. The average molecular weight is 385 g/mol. The van der Waals surface area contributed by atoms with Gasteiger partial charge < -0.3 is 19.5 Å². The molecule has 1 aliphatic heterocycles. The number of carbonyl (C=O) groups is 2. The third-order valence-electron chi connectivity index (χ3n) is 3.79. The van der Waals surface area contributed by atoms with Crippen LogP contribution in [0.3, 0.4) is 0 Å². The van der Waals surface area contributed by atoms with Crippen LogP contribution < -0.4 is 14.8 Å². The molecule has 144 valence electrons. The quantitative estimate of drug-likeness (QED) is 0.664. The van der Waals surface area contributed by atoms with E-state index in [1.807, 2.05) is 6.92 Å². The molecule has 0 unspecified atom stereocenters. The van der Waals surface area contributed by atoms with Crippen molar-refractivity contribution in [2.45, 2.75) is 25.8 Å². The minimum Gasteiger partial charge on any atom is -0.493 e. The van der Waals surface area contributed by atoms with Crippen molar-refractivity contribution in [2.75, 3.05) is 31.8 Å². The summed E-state index contributed by atoms with van der Waals surface area (Å²) in [6.07, 6.45) is 1.21. The molecule has 0 radical (unpaired) electrons. The first-order valence-corrected chi connectivity index (χ1v) is 10.1. The lowest BCUT2D eigenvalue weighted by Crippen LogP contribution is -2.38. The highest BCUT2D eigenvalue weighted by Crippen LogP contribution is 2.28. The molecule has 0 bridgehead atoms. The SMILES string of the molecule is CCCOc1ccc(C(=O)OCC(=O)N[C@@H]2CCS(=O)(=O)C2)cc1OC. The Morgan fingerprint density at radius 3 is 2.65 bits per heavy atom. The van der Waals surface area contributed by atoms with Gasteiger partial charge in [0.1, 0.15) is 0 Å². The molecule has 1 amide bonds. The number of nitrogens with one attached hydrogen (secondary N) is 1. The van der Waals surface area contributed by atoms with E-state index in [9.17, 15) is 18.0 Å². The van der Waals surface area contributed by atoms with Crippen molar-refractivity contribution < 1.29 is 32.2 Å². The van der Waals surface area contributed by atoms with E-state index >= 15 is 0 Å². The molecule has 1 aromatic carbocycles. The van der Waals surface area contributed by atoms with Gasteiger partial charge in [-0.2, -0.15) is 0 Å². The van der Waals surface area contributed by atoms with E-state index < -0.39 is 34.4 Å². The zero-order valence-corrected chi connectivity index (χ0v) is 15.6. The number of sulfone groups is 1. The maximum atomic E-state index is 12.1. The van der Waals surface area contributed by atoms with Crippen LogP contribution in [0.4, 0.5) is 0 Å². The average Bonchev–Trinajstić information content (AvgIpc) is 2.96. The minimum absolute atomic E-state index is 0.0595. The number of hydrogen-bond acceptors (Lipinski definition) is 7. The molecule has 0 saturated carbocycles. The number of rotatable bonds is 8. The molecule has 1 saturated heterocycles. The van der Waals surface area contributed by atoms with Gasteiger partial charge in [-0.15, -0.1) is 0 Å². The number of amides is 1. The standard InChI is InChI=1S/C17H23NO7S/c1-3-7-24-14-5-4-12(9-15(14)23-2)17(20)25-10-16(19)18-13-6-8-26(21,22)11-13/h4-5,9,13H,3,6-8,10-11H2,1-2H3,(H,18,19)/t13-/m1/s1. The molecule has 0 aliphatic carbocycles. The zero-order chi connectivity index (χ0) is 19.2. The molecule has 1 N–H and O–H groups in total. The number of benzene rings is 1. The summed E-state index contributed by atoms with van der Waals surface area (Å²) in [6, 6.07) is 4.18. The molecular weight excluding hydrogens is 362 g/mol. The Labute approximate surface area is 152 Å². The van der Waals surface area contributed by atoms with Crippen molar-refractivity contribution >= 4 is 21.7 Å². The second-order valence-electron chi connectivity index (χ2n) is 5.96. The van der Waals surface area contributed by atoms with Crippen LogP contribution in [0.1, 0.15) is 30.1 Å². The predicted octanol–water partition coefficient (Wildman–Crippen LogP) is 0.944. The molecule has 1 atom stereocenters. The van der Waals surface area contributed by atoms with Gasteiger partial charge in [-0.25, -0.2) is 13.2 Å². The fourth-order valence-corrected chi connectivity index (χ4v) is 4.19. The Morgan fingerprint density at radius 2 is 2.04 bits per heavy atom. The molecule has 26 heavy (non-hydrogen) atoms. The second-order valence-corrected chi connectivity index (χ2v) is 8.19. The fourth-order valence-electron chi connectivity index (χ4n) is 2.52. The molecule has 8 nitrogen and oxygen atoms in total. The topological polar surface area (TPSA) is 108 Å². The Hall–Kier alpha value is -2.29. The third-order valence-corrected chi connectivity index (χ3v) is 5.56. The van der Waals surface area contributed by atoms with Crippen molar-refractivity contribution in [1.82, 2.24) is 5.32 Å². The summed E-state index contributed by atoms with van der Waals surface area (Å²) in [5, 5.41) is 2.56. The van der Waals surface area contributed by atoms with E-state index in [4.69, 9.17) is 14.2 Å². The number of ether oxygens (including phenoxy) is 3. The Kier molecular flexibility index (Phi) is 6.84. The molecule has 2 rings (SSSR count). The van der Waals surface area contributed by atoms with E-state index in [-0.39, 0.29) is 17.1 Å². The van der Waals surface area contributed by atoms with Gasteiger partial charge in [-0.05, 0) is 31.0 Å². The maximum Gasteiger partial charge on any atom is 0.338 e. The van der Waals surface area contributed by atoms with E-state index in [2.05, 4.69) is 5.32 Å². The lowest BCUT2D eigenvalue weighted by atomic mass is 10.2. The van der Waals surface area contributed by atoms with E-state index in [0.29, 0.717) is 24.5 Å². The van der Waals surface area contributed by atoms with Gasteiger partial charge in [-0.1, -0.05) is 6.92 Å². The molecule has 1 aliphatic rings. The van der Waals surface area contributed by atoms with Crippen molar-refractivity contribution in [3.63, 3.8) is 0 Å². The molecular formula is C17H23NO7S. The highest BCUT2D eigenvalue weighted by molar-refractivity contribution is 7.91. The van der Waals surface area contributed by atoms with Gasteiger partial charge in [0.15, 0.2) is 27.9 Å². The number of methoxy groups -OCH3 is 1. The maximum absolute atomic E-state index is 12.1. The van der Waals surface area contributed by atoms with Crippen LogP contribution in [0, 0.1) is 0 Å². The monoisotopic (exact) mass is 385 g/mol. The summed E-state index contributed by atoms with van der Waals surface area (Å²) < 4.78 is 38.4. The van der Waals surface area contributed by atoms with Crippen LogP contribution in [0.2, 0.25) is 0 Å². The summed E-state index contributed by atoms with van der Waals surface area (Å²) in [5.74, 6) is -0.318. The summed E-state index contributed by atoms with van der Waals surface area (Å²) in [7, 11) is -1.62. The van der Waals surface area contributed by atoms with Crippen LogP contribution in [0.15, 0.2) is 18.2 Å². The molecule has 1 fully saturated rings. The smallest absolute Gasteiger partial charge is 0.338 e. The summed E-state index contributed by atoms with van der Waals surface area (Å²) >= 11 is 0. The molecule has 1 aromatic rings. The van der Waals surface area contributed by atoms with Crippen LogP contribution in [0.5, 0.6) is 11.5 Å². The first-order chi connectivity index (χ1) is 12.3. The van der Waals surface area contributed by atoms with Gasteiger partial charge >= 0.3 is 5.97 Å². The van der Waals surface area contributed by atoms with Crippen molar-refractivity contribution in [2.24, 2.45) is 0 Å². The van der Waals surface area contributed by atoms with Crippen LogP contribution in [0.25, 0.3) is 0 Å². The van der Waals surface area contributed by atoms with Crippen LogP contribution in [-0.2, 0) is 19.4 Å². The second kappa shape index (κ2) is 8.88. The van der Waals surface area contributed by atoms with Crippen molar-refractivity contribution in [3.8, 4) is 11.5 Å². The molecule has 0 aromatic heterocycles. The highest BCUT2D eigenvalue weighted by atomic mass is 32.2. The zero-order valence-electron chi connectivity index (χ0n) is 14.8. The molecule has 9 heteroatoms. The van der Waals surface area contributed by atoms with Gasteiger partial charge in [-0.3, -0.25) is 4.79 Å². The van der Waals surface area contributed by atoms with E-state index in [1.165, 1.54) is 19.2 Å². The van der Waals surface area contributed by atoms with Gasteiger partial charge in [0.05, 0.1) is 30.8 Å². The van der Waals surface area contributed by atoms with Crippen molar-refractivity contribution in [1.29, 1.82) is 0 Å². The normalized spacial score (nSPS) is 18.2. The molecule has 0 spiro atoms. The molecule has 1 heterocycles. The Bertz CT molecular complexity index is 760. The number of carbonyl (C=O) groups excluding carboxylic acids is 2. The highest BCUT2D eigenvalue weighted by Gasteiger charge is 2.29. The lowest BCUT2D eigenvalue weighted by Gasteiger charge is -2.12. The van der Waals surface area contributed by atoms with Gasteiger partial charge in [0.25, 0.3) is 5.91 Å². The van der Waals surface area contributed by atoms with E-state index in [0.717, 1.165) is 6.42 Å². The largest absolute Gasteiger partial charge is 0.493 e. The van der Waals surface area contributed by atoms with Crippen LogP contribution >= 0.6 is 0 Å². The van der Waals surface area contributed by atoms with E-state index in [1.54, 1.807) is 6.07 Å².